The van der Waals surface area contributed by atoms with E-state index in [0.717, 1.165) is 11.1 Å². The van der Waals surface area contributed by atoms with Gasteiger partial charge in [-0.05, 0) is 23.3 Å². The van der Waals surface area contributed by atoms with Gasteiger partial charge in [0.1, 0.15) is 0 Å². The molecule has 0 aliphatic carbocycles. The average Bonchev–Trinajstić information content (AvgIpc) is 2.67. The third kappa shape index (κ3) is 4.03. The first kappa shape index (κ1) is 16.7. The van der Waals surface area contributed by atoms with Crippen molar-refractivity contribution in [3.8, 4) is 0 Å². The Labute approximate surface area is 146 Å². The van der Waals surface area contributed by atoms with E-state index < -0.39 is 12.1 Å². The zero-order valence-electron chi connectivity index (χ0n) is 13.7. The molecule has 0 spiro atoms. The van der Waals surface area contributed by atoms with Crippen LogP contribution in [0.3, 0.4) is 0 Å². The molecule has 1 unspecified atom stereocenters. The Bertz CT molecular complexity index is 762. The van der Waals surface area contributed by atoms with Crippen molar-refractivity contribution < 1.29 is 14.7 Å². The first-order chi connectivity index (χ1) is 12.1. The second kappa shape index (κ2) is 7.61. The Morgan fingerprint density at radius 3 is 2.60 bits per heavy atom. The lowest BCUT2D eigenvalue weighted by Gasteiger charge is -2.39. The highest BCUT2D eigenvalue weighted by Gasteiger charge is 2.32. The van der Waals surface area contributed by atoms with Crippen LogP contribution in [-0.4, -0.2) is 51.5 Å². The molecule has 1 atom stereocenters. The second-order valence-electron chi connectivity index (χ2n) is 5.81. The quantitative estimate of drug-likeness (QED) is 0.874. The minimum absolute atomic E-state index is 0.122. The average molecular weight is 337 g/mol. The minimum Gasteiger partial charge on any atom is -0.465 e. The highest BCUT2D eigenvalue weighted by Crippen LogP contribution is 2.25. The van der Waals surface area contributed by atoms with E-state index in [4.69, 9.17) is 0 Å². The van der Waals surface area contributed by atoms with E-state index in [0.29, 0.717) is 13.1 Å². The number of piperazine rings is 1. The molecule has 128 valence electrons. The van der Waals surface area contributed by atoms with Crippen LogP contribution >= 0.6 is 0 Å². The number of hydrogen-bond acceptors (Lipinski definition) is 3. The summed E-state index contributed by atoms with van der Waals surface area (Å²) in [5.41, 5.74) is 1.73. The number of carbonyl (C=O) groups is 2. The molecule has 3 rings (SSSR count). The smallest absolute Gasteiger partial charge is 0.407 e. The standard InChI is InChI=1S/C19H19N3O3/c23-18(9-8-15-5-2-1-3-6-15)21-11-12-22(19(24)25)17(14-21)16-7-4-10-20-13-16/h1-10,13,17H,11-12,14H2,(H,24,25). The highest BCUT2D eigenvalue weighted by atomic mass is 16.4. The molecule has 1 aliphatic heterocycles. The third-order valence-electron chi connectivity index (χ3n) is 4.22. The van der Waals surface area contributed by atoms with Gasteiger partial charge in [-0.2, -0.15) is 0 Å². The molecule has 6 heteroatoms. The fraction of sp³-hybridized carbons (Fsp3) is 0.211. The maximum Gasteiger partial charge on any atom is 0.407 e. The molecule has 1 fully saturated rings. The number of benzene rings is 1. The van der Waals surface area contributed by atoms with E-state index in [9.17, 15) is 14.7 Å². The topological polar surface area (TPSA) is 73.7 Å². The molecule has 2 aromatic rings. The lowest BCUT2D eigenvalue weighted by Crippen LogP contribution is -2.51. The SMILES string of the molecule is O=C(C=Cc1ccccc1)N1CCN(C(=O)O)C(c2cccnc2)C1. The van der Waals surface area contributed by atoms with Gasteiger partial charge < -0.3 is 10.0 Å². The summed E-state index contributed by atoms with van der Waals surface area (Å²) in [5, 5.41) is 9.43. The molecule has 0 saturated carbocycles. The zero-order chi connectivity index (χ0) is 17.6. The van der Waals surface area contributed by atoms with E-state index in [1.54, 1.807) is 29.4 Å². The van der Waals surface area contributed by atoms with Gasteiger partial charge in [0.2, 0.25) is 5.91 Å². The van der Waals surface area contributed by atoms with Crippen molar-refractivity contribution >= 4 is 18.1 Å². The summed E-state index contributed by atoms with van der Waals surface area (Å²) in [6.45, 7) is 0.969. The highest BCUT2D eigenvalue weighted by molar-refractivity contribution is 5.92. The summed E-state index contributed by atoms with van der Waals surface area (Å²) < 4.78 is 0. The summed E-state index contributed by atoms with van der Waals surface area (Å²) in [5.74, 6) is -0.122. The van der Waals surface area contributed by atoms with Gasteiger partial charge in [-0.1, -0.05) is 36.4 Å². The fourth-order valence-electron chi connectivity index (χ4n) is 2.91. The molecule has 1 N–H and O–H groups in total. The summed E-state index contributed by atoms with van der Waals surface area (Å²) in [7, 11) is 0. The Morgan fingerprint density at radius 2 is 1.92 bits per heavy atom. The van der Waals surface area contributed by atoms with Gasteiger partial charge in [-0.25, -0.2) is 4.79 Å². The molecule has 25 heavy (non-hydrogen) atoms. The van der Waals surface area contributed by atoms with Crippen LogP contribution in [0.1, 0.15) is 17.2 Å². The second-order valence-corrected chi connectivity index (χ2v) is 5.81. The molecular weight excluding hydrogens is 318 g/mol. The van der Waals surface area contributed by atoms with Gasteiger partial charge in [0, 0.05) is 38.1 Å². The van der Waals surface area contributed by atoms with Crippen LogP contribution in [0, 0.1) is 0 Å². The maximum atomic E-state index is 12.5. The fourth-order valence-corrected chi connectivity index (χ4v) is 2.91. The number of rotatable bonds is 3. The predicted molar refractivity (Wildman–Crippen MR) is 93.8 cm³/mol. The van der Waals surface area contributed by atoms with Crippen LogP contribution in [0.2, 0.25) is 0 Å². The van der Waals surface area contributed by atoms with Gasteiger partial charge in [0.25, 0.3) is 0 Å². The zero-order valence-corrected chi connectivity index (χ0v) is 13.7. The van der Waals surface area contributed by atoms with Crippen molar-refractivity contribution in [1.29, 1.82) is 0 Å². The molecule has 1 aromatic heterocycles. The molecule has 6 nitrogen and oxygen atoms in total. The first-order valence-electron chi connectivity index (χ1n) is 8.06. The van der Waals surface area contributed by atoms with Crippen LogP contribution < -0.4 is 0 Å². The van der Waals surface area contributed by atoms with Crippen LogP contribution in [-0.2, 0) is 4.79 Å². The number of carbonyl (C=O) groups excluding carboxylic acids is 1. The van der Waals surface area contributed by atoms with Crippen molar-refractivity contribution in [3.63, 3.8) is 0 Å². The largest absolute Gasteiger partial charge is 0.465 e. The number of carboxylic acid groups (broad SMARTS) is 1. The van der Waals surface area contributed by atoms with Crippen LogP contribution in [0.4, 0.5) is 4.79 Å². The molecule has 2 amide bonds. The van der Waals surface area contributed by atoms with Crippen molar-refractivity contribution in [2.24, 2.45) is 0 Å². The van der Waals surface area contributed by atoms with Gasteiger partial charge in [0.15, 0.2) is 0 Å². The third-order valence-corrected chi connectivity index (χ3v) is 4.22. The molecule has 0 radical (unpaired) electrons. The maximum absolute atomic E-state index is 12.5. The lowest BCUT2D eigenvalue weighted by molar-refractivity contribution is -0.128. The summed E-state index contributed by atoms with van der Waals surface area (Å²) in [6.07, 6.45) is 5.61. The molecule has 1 aromatic carbocycles. The number of pyridine rings is 1. The number of amides is 2. The number of aromatic nitrogens is 1. The van der Waals surface area contributed by atoms with Gasteiger partial charge in [0.05, 0.1) is 6.04 Å². The Balaban J connectivity index is 1.74. The van der Waals surface area contributed by atoms with Crippen molar-refractivity contribution in [2.75, 3.05) is 19.6 Å². The van der Waals surface area contributed by atoms with Crippen LogP contribution in [0.15, 0.2) is 60.9 Å². The van der Waals surface area contributed by atoms with E-state index >= 15 is 0 Å². The van der Waals surface area contributed by atoms with Crippen LogP contribution in [0.5, 0.6) is 0 Å². The molecule has 0 bridgehead atoms. The Morgan fingerprint density at radius 1 is 1.12 bits per heavy atom. The molecule has 2 heterocycles. The van der Waals surface area contributed by atoms with Crippen molar-refractivity contribution in [3.05, 3.63) is 72.1 Å². The lowest BCUT2D eigenvalue weighted by atomic mass is 10.0. The summed E-state index contributed by atoms with van der Waals surface area (Å²) in [4.78, 5) is 31.1. The number of hydrogen-bond donors (Lipinski definition) is 1. The predicted octanol–water partition coefficient (Wildman–Crippen LogP) is 2.66. The van der Waals surface area contributed by atoms with E-state index in [2.05, 4.69) is 4.98 Å². The molecule has 1 saturated heterocycles. The number of nitrogens with zero attached hydrogens (tertiary/aromatic N) is 3. The normalized spacial score (nSPS) is 17.7. The minimum atomic E-state index is -0.985. The summed E-state index contributed by atoms with van der Waals surface area (Å²) >= 11 is 0. The van der Waals surface area contributed by atoms with Gasteiger partial charge >= 0.3 is 6.09 Å². The van der Waals surface area contributed by atoms with Crippen molar-refractivity contribution in [2.45, 2.75) is 6.04 Å². The van der Waals surface area contributed by atoms with Crippen molar-refractivity contribution in [1.82, 2.24) is 14.8 Å². The van der Waals surface area contributed by atoms with Crippen LogP contribution in [0.25, 0.3) is 6.08 Å². The summed E-state index contributed by atoms with van der Waals surface area (Å²) in [6, 6.07) is 12.8. The van der Waals surface area contributed by atoms with Gasteiger partial charge in [-0.15, -0.1) is 0 Å². The first-order valence-corrected chi connectivity index (χ1v) is 8.06. The Hall–Kier alpha value is -3.15. The monoisotopic (exact) mass is 337 g/mol. The molecule has 1 aliphatic rings. The Kier molecular flexibility index (Phi) is 5.09. The van der Waals surface area contributed by atoms with E-state index in [1.165, 1.54) is 11.0 Å². The molecular formula is C19H19N3O3. The van der Waals surface area contributed by atoms with Gasteiger partial charge in [-0.3, -0.25) is 14.7 Å². The van der Waals surface area contributed by atoms with E-state index in [-0.39, 0.29) is 12.5 Å². The van der Waals surface area contributed by atoms with E-state index in [1.807, 2.05) is 36.4 Å².